The van der Waals surface area contributed by atoms with Crippen molar-refractivity contribution in [2.45, 2.75) is 24.8 Å². The maximum absolute atomic E-state index is 12.5. The largest absolute Gasteiger partial charge is 0.497 e. The number of hydrogen-bond acceptors (Lipinski definition) is 4. The predicted molar refractivity (Wildman–Crippen MR) is 92.8 cm³/mol. The molecule has 6 heteroatoms. The van der Waals surface area contributed by atoms with Gasteiger partial charge < -0.3 is 19.9 Å². The van der Waals surface area contributed by atoms with Crippen LogP contribution in [0.15, 0.2) is 36.4 Å². The Morgan fingerprint density at radius 3 is 2.68 bits per heavy atom. The highest BCUT2D eigenvalue weighted by atomic mass is 16.5. The molecule has 2 N–H and O–H groups in total. The minimum Gasteiger partial charge on any atom is -0.497 e. The Kier molecular flexibility index (Phi) is 4.90. The van der Waals surface area contributed by atoms with E-state index in [1.165, 1.54) is 0 Å². The minimum atomic E-state index is -1.24. The molecule has 2 aromatic carbocycles. The van der Waals surface area contributed by atoms with E-state index in [-0.39, 0.29) is 25.2 Å². The number of fused-ring (bicyclic) bond motifs is 1. The quantitative estimate of drug-likeness (QED) is 0.869. The average molecular weight is 343 g/mol. The van der Waals surface area contributed by atoms with Gasteiger partial charge in [-0.05, 0) is 28.5 Å². The first-order valence-electron chi connectivity index (χ1n) is 8.22. The van der Waals surface area contributed by atoms with Crippen LogP contribution >= 0.6 is 0 Å². The molecule has 0 saturated carbocycles. The third-order valence-corrected chi connectivity index (χ3v) is 4.67. The summed E-state index contributed by atoms with van der Waals surface area (Å²) in [6.07, 6.45) is 0.662. The maximum atomic E-state index is 12.5. The number of methoxy groups -OCH3 is 1. The van der Waals surface area contributed by atoms with E-state index in [2.05, 4.69) is 5.32 Å². The monoisotopic (exact) mass is 343 g/mol. The molecule has 1 saturated heterocycles. The van der Waals surface area contributed by atoms with Crippen LogP contribution < -0.4 is 10.1 Å². The zero-order valence-electron chi connectivity index (χ0n) is 14.1. The van der Waals surface area contributed by atoms with Crippen molar-refractivity contribution >= 4 is 22.6 Å². The first-order valence-corrected chi connectivity index (χ1v) is 8.22. The standard InChI is InChI=1S/C19H21NO5/c1-24-15-6-5-13-3-2-4-14(16(13)12-15)11-17(21)20-19(18(22)23)7-9-25-10-8-19/h2-6,12H,7-11H2,1H3,(H,20,21)(H,22,23). The molecule has 3 rings (SSSR count). The van der Waals surface area contributed by atoms with Gasteiger partial charge in [-0.2, -0.15) is 0 Å². The number of ether oxygens (including phenoxy) is 2. The Bertz CT molecular complexity index is 796. The van der Waals surface area contributed by atoms with Crippen molar-refractivity contribution in [3.05, 3.63) is 42.0 Å². The van der Waals surface area contributed by atoms with Gasteiger partial charge in [-0.15, -0.1) is 0 Å². The van der Waals surface area contributed by atoms with Crippen molar-refractivity contribution in [2.75, 3.05) is 20.3 Å². The summed E-state index contributed by atoms with van der Waals surface area (Å²) >= 11 is 0. The number of carbonyl (C=O) groups excluding carboxylic acids is 1. The van der Waals surface area contributed by atoms with Crippen LogP contribution in [0.2, 0.25) is 0 Å². The van der Waals surface area contributed by atoms with Gasteiger partial charge in [0.2, 0.25) is 5.91 Å². The lowest BCUT2D eigenvalue weighted by Crippen LogP contribution is -2.57. The summed E-state index contributed by atoms with van der Waals surface area (Å²) < 4.78 is 10.5. The van der Waals surface area contributed by atoms with Crippen molar-refractivity contribution in [3.8, 4) is 5.75 Å². The van der Waals surface area contributed by atoms with Gasteiger partial charge in [0.05, 0.1) is 13.5 Å². The maximum Gasteiger partial charge on any atom is 0.329 e. The number of carbonyl (C=O) groups is 2. The number of carboxylic acids is 1. The summed E-state index contributed by atoms with van der Waals surface area (Å²) in [6.45, 7) is 0.663. The number of aliphatic carboxylic acids is 1. The van der Waals surface area contributed by atoms with Crippen molar-refractivity contribution in [3.63, 3.8) is 0 Å². The third-order valence-electron chi connectivity index (χ3n) is 4.67. The van der Waals surface area contributed by atoms with E-state index in [0.29, 0.717) is 19.0 Å². The lowest BCUT2D eigenvalue weighted by Gasteiger charge is -2.33. The Labute approximate surface area is 145 Å². The van der Waals surface area contributed by atoms with E-state index < -0.39 is 11.5 Å². The first-order chi connectivity index (χ1) is 12.0. The molecule has 0 aromatic heterocycles. The lowest BCUT2D eigenvalue weighted by atomic mass is 9.89. The molecule has 6 nitrogen and oxygen atoms in total. The first kappa shape index (κ1) is 17.2. The molecule has 2 aromatic rings. The van der Waals surface area contributed by atoms with E-state index in [9.17, 15) is 14.7 Å². The van der Waals surface area contributed by atoms with Crippen LogP contribution in [-0.2, 0) is 20.7 Å². The normalized spacial score (nSPS) is 16.4. The summed E-state index contributed by atoms with van der Waals surface area (Å²) in [4.78, 5) is 24.2. The summed E-state index contributed by atoms with van der Waals surface area (Å²) in [6, 6.07) is 11.4. The zero-order valence-corrected chi connectivity index (χ0v) is 14.1. The molecule has 132 valence electrons. The topological polar surface area (TPSA) is 84.9 Å². The highest BCUT2D eigenvalue weighted by Crippen LogP contribution is 2.25. The van der Waals surface area contributed by atoms with E-state index >= 15 is 0 Å². The van der Waals surface area contributed by atoms with Gasteiger partial charge in [0.25, 0.3) is 0 Å². The number of carboxylic acid groups (broad SMARTS) is 1. The second-order valence-electron chi connectivity index (χ2n) is 6.23. The molecule has 0 bridgehead atoms. The summed E-state index contributed by atoms with van der Waals surface area (Å²) in [5.41, 5.74) is -0.404. The molecule has 1 amide bonds. The molecule has 1 fully saturated rings. The Morgan fingerprint density at radius 2 is 2.00 bits per heavy atom. The highest BCUT2D eigenvalue weighted by molar-refractivity contribution is 5.93. The fourth-order valence-corrected chi connectivity index (χ4v) is 3.19. The molecule has 1 heterocycles. The van der Waals surface area contributed by atoms with Crippen LogP contribution in [-0.4, -0.2) is 42.8 Å². The number of nitrogens with one attached hydrogen (secondary N) is 1. The van der Waals surface area contributed by atoms with Gasteiger partial charge in [0.1, 0.15) is 11.3 Å². The highest BCUT2D eigenvalue weighted by Gasteiger charge is 2.41. The fourth-order valence-electron chi connectivity index (χ4n) is 3.19. The molecule has 1 aliphatic heterocycles. The molecular weight excluding hydrogens is 322 g/mol. The van der Waals surface area contributed by atoms with Gasteiger partial charge in [-0.1, -0.05) is 24.3 Å². The number of amides is 1. The fraction of sp³-hybridized carbons (Fsp3) is 0.368. The molecule has 1 aliphatic rings. The smallest absolute Gasteiger partial charge is 0.329 e. The van der Waals surface area contributed by atoms with Crippen LogP contribution in [0.25, 0.3) is 10.8 Å². The van der Waals surface area contributed by atoms with Crippen LogP contribution in [0.4, 0.5) is 0 Å². The minimum absolute atomic E-state index is 0.112. The van der Waals surface area contributed by atoms with Gasteiger partial charge in [-0.25, -0.2) is 4.79 Å². The molecule has 25 heavy (non-hydrogen) atoms. The van der Waals surface area contributed by atoms with Crippen molar-refractivity contribution in [1.82, 2.24) is 5.32 Å². The van der Waals surface area contributed by atoms with Crippen molar-refractivity contribution in [1.29, 1.82) is 0 Å². The summed E-state index contributed by atoms with van der Waals surface area (Å²) in [5, 5.41) is 14.2. The van der Waals surface area contributed by atoms with Gasteiger partial charge in [-0.3, -0.25) is 4.79 Å². The van der Waals surface area contributed by atoms with E-state index in [1.54, 1.807) is 7.11 Å². The van der Waals surface area contributed by atoms with E-state index in [1.807, 2.05) is 36.4 Å². The Morgan fingerprint density at radius 1 is 1.24 bits per heavy atom. The number of hydrogen-bond donors (Lipinski definition) is 2. The predicted octanol–water partition coefficient (Wildman–Crippen LogP) is 2.14. The molecule has 0 aliphatic carbocycles. The second kappa shape index (κ2) is 7.11. The average Bonchev–Trinajstić information content (AvgIpc) is 2.62. The van der Waals surface area contributed by atoms with Crippen LogP contribution in [0, 0.1) is 0 Å². The zero-order chi connectivity index (χ0) is 17.9. The number of benzene rings is 2. The lowest BCUT2D eigenvalue weighted by molar-refractivity contribution is -0.152. The summed E-state index contributed by atoms with van der Waals surface area (Å²) in [5.74, 6) is -0.602. The van der Waals surface area contributed by atoms with E-state index in [4.69, 9.17) is 9.47 Å². The second-order valence-corrected chi connectivity index (χ2v) is 6.23. The Hall–Kier alpha value is -2.60. The molecule has 0 unspecified atom stereocenters. The van der Waals surface area contributed by atoms with Gasteiger partial charge in [0.15, 0.2) is 0 Å². The van der Waals surface area contributed by atoms with Crippen LogP contribution in [0.3, 0.4) is 0 Å². The molecule has 0 spiro atoms. The Balaban J connectivity index is 1.83. The van der Waals surface area contributed by atoms with Gasteiger partial charge in [0, 0.05) is 26.1 Å². The summed E-state index contributed by atoms with van der Waals surface area (Å²) in [7, 11) is 1.60. The van der Waals surface area contributed by atoms with Crippen molar-refractivity contribution < 1.29 is 24.2 Å². The SMILES string of the molecule is COc1ccc2cccc(CC(=O)NC3(C(=O)O)CCOCC3)c2c1. The molecule has 0 atom stereocenters. The molecular formula is C19H21NO5. The molecule has 0 radical (unpaired) electrons. The van der Waals surface area contributed by atoms with Crippen molar-refractivity contribution in [2.24, 2.45) is 0 Å². The van der Waals surface area contributed by atoms with Crippen LogP contribution in [0.1, 0.15) is 18.4 Å². The van der Waals surface area contributed by atoms with Gasteiger partial charge >= 0.3 is 5.97 Å². The van der Waals surface area contributed by atoms with Crippen LogP contribution in [0.5, 0.6) is 5.75 Å². The number of rotatable bonds is 5. The van der Waals surface area contributed by atoms with E-state index in [0.717, 1.165) is 16.3 Å². The third kappa shape index (κ3) is 3.58.